The Balaban J connectivity index is 1.31. The number of aliphatic hydroxyl groups is 1. The number of carbonyl (C=O) groups is 1. The largest absolute Gasteiger partial charge is 0.387 e. The molecule has 1 aromatic heterocycles. The predicted octanol–water partition coefficient (Wildman–Crippen LogP) is 3.80. The van der Waals surface area contributed by atoms with Crippen molar-refractivity contribution in [1.82, 2.24) is 20.2 Å². The summed E-state index contributed by atoms with van der Waals surface area (Å²) in [5, 5.41) is 14.9. The van der Waals surface area contributed by atoms with Crippen LogP contribution in [0.15, 0.2) is 67.1 Å². The maximum absolute atomic E-state index is 12.7. The van der Waals surface area contributed by atoms with E-state index in [-0.39, 0.29) is 18.0 Å². The maximum Gasteiger partial charge on any atom is 0.253 e. The zero-order valence-corrected chi connectivity index (χ0v) is 18.7. The average Bonchev–Trinajstić information content (AvgIpc) is 3.27. The van der Waals surface area contributed by atoms with E-state index in [0.29, 0.717) is 17.1 Å². The highest BCUT2D eigenvalue weighted by Crippen LogP contribution is 2.28. The second-order valence-corrected chi connectivity index (χ2v) is 8.74. The number of aliphatic hydroxyl groups excluding tert-OH is 1. The van der Waals surface area contributed by atoms with Gasteiger partial charge in [0.05, 0.1) is 24.5 Å². The lowest BCUT2D eigenvalue weighted by Gasteiger charge is -2.21. The fourth-order valence-electron chi connectivity index (χ4n) is 4.20. The highest BCUT2D eigenvalue weighted by atomic mass is 35.5. The lowest BCUT2D eigenvalue weighted by atomic mass is 10.0. The number of rotatable bonds is 7. The van der Waals surface area contributed by atoms with Crippen LogP contribution in [0.25, 0.3) is 0 Å². The minimum absolute atomic E-state index is 0.00838. The summed E-state index contributed by atoms with van der Waals surface area (Å²) in [7, 11) is 1.76. The van der Waals surface area contributed by atoms with Crippen LogP contribution >= 0.6 is 11.6 Å². The molecule has 1 saturated heterocycles. The Hall–Kier alpha value is -2.80. The Morgan fingerprint density at radius 1 is 1.22 bits per heavy atom. The van der Waals surface area contributed by atoms with Crippen LogP contribution in [0.2, 0.25) is 5.02 Å². The van der Waals surface area contributed by atoms with Gasteiger partial charge in [-0.1, -0.05) is 35.9 Å². The van der Waals surface area contributed by atoms with Crippen molar-refractivity contribution in [3.8, 4) is 0 Å². The number of aromatic nitrogens is 2. The van der Waals surface area contributed by atoms with Crippen LogP contribution in [0.5, 0.6) is 0 Å². The highest BCUT2D eigenvalue weighted by Gasteiger charge is 2.30. The number of nitrogens with zero attached hydrogens (tertiary/aromatic N) is 3. The van der Waals surface area contributed by atoms with Gasteiger partial charge in [-0.25, -0.2) is 0 Å². The molecule has 0 bridgehead atoms. The van der Waals surface area contributed by atoms with E-state index < -0.39 is 6.10 Å². The van der Waals surface area contributed by atoms with Gasteiger partial charge in [-0.15, -0.1) is 0 Å². The number of halogens is 1. The van der Waals surface area contributed by atoms with Crippen LogP contribution in [0.4, 0.5) is 0 Å². The van der Waals surface area contributed by atoms with Gasteiger partial charge in [0.25, 0.3) is 5.91 Å². The first-order valence-corrected chi connectivity index (χ1v) is 11.2. The Bertz CT molecular complexity index is 1050. The zero-order valence-electron chi connectivity index (χ0n) is 18.0. The van der Waals surface area contributed by atoms with Gasteiger partial charge in [0.15, 0.2) is 0 Å². The van der Waals surface area contributed by atoms with Crippen LogP contribution in [0, 0.1) is 0 Å². The Morgan fingerprint density at radius 3 is 2.75 bits per heavy atom. The first kappa shape index (κ1) is 22.4. The van der Waals surface area contributed by atoms with Gasteiger partial charge in [-0.05, 0) is 54.7 Å². The Morgan fingerprint density at radius 2 is 2.03 bits per heavy atom. The molecular weight excluding hydrogens is 424 g/mol. The van der Waals surface area contributed by atoms with Crippen molar-refractivity contribution in [2.24, 2.45) is 0 Å². The lowest BCUT2D eigenvalue weighted by Crippen LogP contribution is -2.35. The normalized spacial score (nSPS) is 19.0. The highest BCUT2D eigenvalue weighted by molar-refractivity contribution is 6.30. The van der Waals surface area contributed by atoms with Crippen LogP contribution in [-0.4, -0.2) is 45.0 Å². The molecule has 1 fully saturated rings. The molecule has 1 aliphatic heterocycles. The van der Waals surface area contributed by atoms with Gasteiger partial charge < -0.3 is 15.3 Å². The SMILES string of the molecule is CN(Cc1cnccn1)C(=O)c1ccc(CC2CCC(C(O)c3cccc(Cl)c3)N2)cc1. The molecule has 2 N–H and O–H groups in total. The first-order valence-electron chi connectivity index (χ1n) is 10.8. The van der Waals surface area contributed by atoms with E-state index in [1.165, 1.54) is 0 Å². The number of hydrogen-bond donors (Lipinski definition) is 2. The molecule has 2 aromatic carbocycles. The van der Waals surface area contributed by atoms with Crippen molar-refractivity contribution in [3.63, 3.8) is 0 Å². The van der Waals surface area contributed by atoms with Crippen molar-refractivity contribution in [2.45, 2.75) is 44.0 Å². The second kappa shape index (κ2) is 10.2. The zero-order chi connectivity index (χ0) is 22.5. The summed E-state index contributed by atoms with van der Waals surface area (Å²) in [5.41, 5.74) is 3.40. The van der Waals surface area contributed by atoms with Gasteiger partial charge in [0.1, 0.15) is 0 Å². The Kier molecular flexibility index (Phi) is 7.15. The van der Waals surface area contributed by atoms with E-state index >= 15 is 0 Å². The quantitative estimate of drug-likeness (QED) is 0.572. The number of hydrogen-bond acceptors (Lipinski definition) is 5. The van der Waals surface area contributed by atoms with E-state index in [0.717, 1.165) is 36.1 Å². The maximum atomic E-state index is 12.7. The molecule has 32 heavy (non-hydrogen) atoms. The third kappa shape index (κ3) is 5.51. The van der Waals surface area contributed by atoms with Crippen LogP contribution < -0.4 is 5.32 Å². The van der Waals surface area contributed by atoms with Gasteiger partial charge in [0.2, 0.25) is 0 Å². The summed E-state index contributed by atoms with van der Waals surface area (Å²) >= 11 is 6.06. The second-order valence-electron chi connectivity index (χ2n) is 8.31. The van der Waals surface area contributed by atoms with E-state index in [2.05, 4.69) is 15.3 Å². The minimum Gasteiger partial charge on any atom is -0.387 e. The van der Waals surface area contributed by atoms with Crippen LogP contribution in [0.1, 0.15) is 46.1 Å². The van der Waals surface area contributed by atoms with Crippen molar-refractivity contribution in [2.75, 3.05) is 7.05 Å². The molecule has 3 atom stereocenters. The fourth-order valence-corrected chi connectivity index (χ4v) is 4.40. The van der Waals surface area contributed by atoms with E-state index in [9.17, 15) is 9.90 Å². The molecule has 3 unspecified atom stereocenters. The third-order valence-electron chi connectivity index (χ3n) is 5.89. The molecular formula is C25H27ClN4O2. The smallest absolute Gasteiger partial charge is 0.253 e. The summed E-state index contributed by atoms with van der Waals surface area (Å²) in [6, 6.07) is 15.4. The first-order chi connectivity index (χ1) is 15.5. The van der Waals surface area contributed by atoms with Gasteiger partial charge in [-0.2, -0.15) is 0 Å². The van der Waals surface area contributed by atoms with Crippen LogP contribution in [-0.2, 0) is 13.0 Å². The number of nitrogens with one attached hydrogen (secondary N) is 1. The molecule has 2 heterocycles. The molecule has 0 radical (unpaired) electrons. The molecule has 166 valence electrons. The molecule has 0 spiro atoms. The third-order valence-corrected chi connectivity index (χ3v) is 6.13. The van der Waals surface area contributed by atoms with Gasteiger partial charge >= 0.3 is 0 Å². The summed E-state index contributed by atoms with van der Waals surface area (Å²) in [6.07, 6.45) is 7.07. The molecule has 1 aliphatic rings. The number of amides is 1. The average molecular weight is 451 g/mol. The predicted molar refractivity (Wildman–Crippen MR) is 124 cm³/mol. The topological polar surface area (TPSA) is 78.4 Å². The van der Waals surface area contributed by atoms with Gasteiger partial charge in [-0.3, -0.25) is 14.8 Å². The molecule has 4 rings (SSSR count). The molecule has 0 saturated carbocycles. The van der Waals surface area contributed by atoms with Gasteiger partial charge in [0, 0.05) is 42.1 Å². The minimum atomic E-state index is -0.580. The molecule has 3 aromatic rings. The molecule has 0 aliphatic carbocycles. The van der Waals surface area contributed by atoms with Crippen molar-refractivity contribution < 1.29 is 9.90 Å². The fraction of sp³-hybridized carbons (Fsp3) is 0.320. The van der Waals surface area contributed by atoms with Crippen molar-refractivity contribution in [3.05, 3.63) is 94.5 Å². The van der Waals surface area contributed by atoms with Crippen molar-refractivity contribution >= 4 is 17.5 Å². The molecule has 7 heteroatoms. The molecule has 6 nitrogen and oxygen atoms in total. The number of carbonyl (C=O) groups excluding carboxylic acids is 1. The summed E-state index contributed by atoms with van der Waals surface area (Å²) < 4.78 is 0. The molecule has 1 amide bonds. The summed E-state index contributed by atoms with van der Waals surface area (Å²) in [4.78, 5) is 22.6. The summed E-state index contributed by atoms with van der Waals surface area (Å²) in [6.45, 7) is 0.413. The summed E-state index contributed by atoms with van der Waals surface area (Å²) in [5.74, 6) is -0.0501. The Labute approximate surface area is 193 Å². The number of benzene rings is 2. The standard InChI is InChI=1S/C25H27ClN4O2/c1-30(16-22-15-27-11-12-28-22)25(32)18-7-5-17(6-8-18)13-21-9-10-23(29-21)24(31)19-3-2-4-20(26)14-19/h2-8,11-12,14-15,21,23-24,29,31H,9-10,13,16H2,1H3. The lowest BCUT2D eigenvalue weighted by molar-refractivity contribution is 0.0783. The van der Waals surface area contributed by atoms with E-state index in [1.807, 2.05) is 48.5 Å². The van der Waals surface area contributed by atoms with Crippen LogP contribution in [0.3, 0.4) is 0 Å². The van der Waals surface area contributed by atoms with E-state index in [1.54, 1.807) is 30.5 Å². The monoisotopic (exact) mass is 450 g/mol. The van der Waals surface area contributed by atoms with Crippen molar-refractivity contribution in [1.29, 1.82) is 0 Å². The van der Waals surface area contributed by atoms with E-state index in [4.69, 9.17) is 11.6 Å².